The predicted molar refractivity (Wildman–Crippen MR) is 124 cm³/mol. The van der Waals surface area contributed by atoms with Gasteiger partial charge in [-0.2, -0.15) is 0 Å². The molecule has 3 heterocycles. The molecule has 0 radical (unpaired) electrons. The second-order valence-corrected chi connectivity index (χ2v) is 8.19. The van der Waals surface area contributed by atoms with Gasteiger partial charge in [0.05, 0.1) is 51.5 Å². The maximum Gasteiger partial charge on any atom is 0.165 e. The van der Waals surface area contributed by atoms with E-state index in [1.807, 2.05) is 41.0 Å². The monoisotopic (exact) mass is 445 g/mol. The number of fused-ring (bicyclic) bond motifs is 1. The van der Waals surface area contributed by atoms with E-state index >= 15 is 0 Å². The van der Waals surface area contributed by atoms with Gasteiger partial charge in [-0.15, -0.1) is 0 Å². The molecule has 1 fully saturated rings. The van der Waals surface area contributed by atoms with Gasteiger partial charge in [-0.1, -0.05) is 60.7 Å². The quantitative estimate of drug-likeness (QED) is 0.422. The third kappa shape index (κ3) is 4.88. The molecule has 0 saturated carbocycles. The molecule has 170 valence electrons. The van der Waals surface area contributed by atoms with Gasteiger partial charge in [-0.05, 0) is 11.1 Å². The maximum absolute atomic E-state index is 6.19. The van der Waals surface area contributed by atoms with Crippen molar-refractivity contribution < 1.29 is 14.2 Å². The van der Waals surface area contributed by atoms with Gasteiger partial charge in [-0.25, -0.2) is 15.0 Å². The molecule has 4 aromatic rings. The first-order valence-electron chi connectivity index (χ1n) is 11.1. The number of anilines is 1. The highest BCUT2D eigenvalue weighted by molar-refractivity contribution is 5.81. The first kappa shape index (κ1) is 21.5. The Hall–Kier alpha value is -3.33. The first-order valence-corrected chi connectivity index (χ1v) is 11.1. The van der Waals surface area contributed by atoms with Gasteiger partial charge in [0.1, 0.15) is 11.8 Å². The van der Waals surface area contributed by atoms with Crippen molar-refractivity contribution in [1.29, 1.82) is 0 Å². The zero-order valence-electron chi connectivity index (χ0n) is 18.3. The smallest absolute Gasteiger partial charge is 0.165 e. The molecule has 0 aliphatic carbocycles. The van der Waals surface area contributed by atoms with Gasteiger partial charge in [0.25, 0.3) is 0 Å². The number of ether oxygens (including phenoxy) is 3. The highest BCUT2D eigenvalue weighted by Crippen LogP contribution is 2.34. The minimum Gasteiger partial charge on any atom is -0.382 e. The summed E-state index contributed by atoms with van der Waals surface area (Å²) in [5, 5.41) is 0. The number of nitrogens with zero attached hydrogens (tertiary/aromatic N) is 4. The Balaban J connectivity index is 1.31. The van der Waals surface area contributed by atoms with Gasteiger partial charge in [-0.3, -0.25) is 0 Å². The van der Waals surface area contributed by atoms with Crippen LogP contribution in [0.2, 0.25) is 0 Å². The molecule has 33 heavy (non-hydrogen) atoms. The number of benzene rings is 2. The molecule has 5 rings (SSSR count). The zero-order valence-corrected chi connectivity index (χ0v) is 18.3. The van der Waals surface area contributed by atoms with E-state index in [9.17, 15) is 0 Å². The summed E-state index contributed by atoms with van der Waals surface area (Å²) in [4.78, 5) is 12.9. The highest BCUT2D eigenvalue weighted by Gasteiger charge is 2.39. The van der Waals surface area contributed by atoms with Crippen LogP contribution in [-0.2, 0) is 27.4 Å². The molecule has 3 unspecified atom stereocenters. The third-order valence-electron chi connectivity index (χ3n) is 6.01. The second-order valence-electron chi connectivity index (χ2n) is 8.19. The van der Waals surface area contributed by atoms with Gasteiger partial charge >= 0.3 is 0 Å². The number of imidazole rings is 1. The lowest BCUT2D eigenvalue weighted by molar-refractivity contribution is -0.0239. The van der Waals surface area contributed by atoms with Crippen molar-refractivity contribution in [3.05, 3.63) is 84.4 Å². The summed E-state index contributed by atoms with van der Waals surface area (Å²) >= 11 is 0. The Morgan fingerprint density at radius 2 is 1.55 bits per heavy atom. The predicted octanol–water partition coefficient (Wildman–Crippen LogP) is 3.40. The third-order valence-corrected chi connectivity index (χ3v) is 6.01. The number of rotatable bonds is 9. The standard InChI is InChI=1S/C25H27N5O3/c26-24-23-25(28-16-27-24)30(17-29-23)21-14-33-22(15-32-12-19-9-5-2-6-10-19)20(21)13-31-11-18-7-3-1-4-8-18/h1-10,16-17,20-22H,11-15H2,(H2,26,27,28). The summed E-state index contributed by atoms with van der Waals surface area (Å²) in [5.41, 5.74) is 9.57. The van der Waals surface area contributed by atoms with E-state index < -0.39 is 0 Å². The average Bonchev–Trinajstić information content (AvgIpc) is 3.45. The fourth-order valence-corrected chi connectivity index (χ4v) is 4.26. The summed E-state index contributed by atoms with van der Waals surface area (Å²) in [6.45, 7) is 2.62. The molecular formula is C25H27N5O3. The Morgan fingerprint density at radius 1 is 0.879 bits per heavy atom. The van der Waals surface area contributed by atoms with Crippen molar-refractivity contribution in [2.45, 2.75) is 25.4 Å². The first-order chi connectivity index (χ1) is 16.3. The topological polar surface area (TPSA) is 97.3 Å². The van der Waals surface area contributed by atoms with Gasteiger partial charge in [0, 0.05) is 5.92 Å². The molecule has 1 aliphatic heterocycles. The van der Waals surface area contributed by atoms with Crippen LogP contribution in [0.5, 0.6) is 0 Å². The lowest BCUT2D eigenvalue weighted by Gasteiger charge is -2.24. The highest BCUT2D eigenvalue weighted by atomic mass is 16.5. The average molecular weight is 446 g/mol. The van der Waals surface area contributed by atoms with E-state index in [0.717, 1.165) is 11.1 Å². The van der Waals surface area contributed by atoms with E-state index in [1.54, 1.807) is 6.33 Å². The summed E-state index contributed by atoms with van der Waals surface area (Å²) in [6.07, 6.45) is 3.12. The molecule has 0 spiro atoms. The Labute approximate surface area is 192 Å². The Kier molecular flexibility index (Phi) is 6.57. The van der Waals surface area contributed by atoms with E-state index in [1.165, 1.54) is 6.33 Å². The molecule has 3 atom stereocenters. The van der Waals surface area contributed by atoms with Crippen molar-refractivity contribution in [2.75, 3.05) is 25.6 Å². The SMILES string of the molecule is Nc1ncnc2c1ncn2C1COC(COCc2ccccc2)C1COCc1ccccc1. The van der Waals surface area contributed by atoms with Gasteiger partial charge in [0.15, 0.2) is 11.5 Å². The molecule has 1 aliphatic rings. The van der Waals surface area contributed by atoms with Gasteiger partial charge < -0.3 is 24.5 Å². The number of hydrogen-bond acceptors (Lipinski definition) is 7. The van der Waals surface area contributed by atoms with Crippen LogP contribution in [0, 0.1) is 5.92 Å². The molecule has 8 nitrogen and oxygen atoms in total. The summed E-state index contributed by atoms with van der Waals surface area (Å²) in [7, 11) is 0. The minimum atomic E-state index is -0.105. The molecule has 2 aromatic heterocycles. The van der Waals surface area contributed by atoms with Crippen LogP contribution in [0.3, 0.4) is 0 Å². The van der Waals surface area contributed by atoms with Crippen molar-refractivity contribution in [3.8, 4) is 0 Å². The van der Waals surface area contributed by atoms with Crippen molar-refractivity contribution in [3.63, 3.8) is 0 Å². The Morgan fingerprint density at radius 3 is 2.24 bits per heavy atom. The molecule has 2 aromatic carbocycles. The van der Waals surface area contributed by atoms with Crippen LogP contribution in [0.25, 0.3) is 11.2 Å². The molecular weight excluding hydrogens is 418 g/mol. The fraction of sp³-hybridized carbons (Fsp3) is 0.320. The van der Waals surface area contributed by atoms with Crippen molar-refractivity contribution in [2.24, 2.45) is 5.92 Å². The van der Waals surface area contributed by atoms with E-state index in [4.69, 9.17) is 19.9 Å². The van der Waals surface area contributed by atoms with Crippen LogP contribution in [0.15, 0.2) is 73.3 Å². The van der Waals surface area contributed by atoms with Crippen LogP contribution in [0.4, 0.5) is 5.82 Å². The number of nitrogens with two attached hydrogens (primary N) is 1. The zero-order chi connectivity index (χ0) is 22.5. The molecule has 0 bridgehead atoms. The lowest BCUT2D eigenvalue weighted by Crippen LogP contribution is -2.30. The van der Waals surface area contributed by atoms with Crippen LogP contribution >= 0.6 is 0 Å². The summed E-state index contributed by atoms with van der Waals surface area (Å²) in [6, 6.07) is 20.3. The van der Waals surface area contributed by atoms with E-state index in [0.29, 0.717) is 50.0 Å². The van der Waals surface area contributed by atoms with Gasteiger partial charge in [0.2, 0.25) is 0 Å². The van der Waals surface area contributed by atoms with Crippen LogP contribution in [-0.4, -0.2) is 45.4 Å². The largest absolute Gasteiger partial charge is 0.382 e. The lowest BCUT2D eigenvalue weighted by atomic mass is 9.98. The van der Waals surface area contributed by atoms with Crippen molar-refractivity contribution >= 4 is 17.0 Å². The molecule has 0 amide bonds. The normalized spacial score (nSPS) is 20.4. The molecule has 2 N–H and O–H groups in total. The number of aromatic nitrogens is 4. The minimum absolute atomic E-state index is 0.00500. The van der Waals surface area contributed by atoms with E-state index in [2.05, 4.69) is 39.2 Å². The van der Waals surface area contributed by atoms with E-state index in [-0.39, 0.29) is 18.1 Å². The molecule has 1 saturated heterocycles. The summed E-state index contributed by atoms with van der Waals surface area (Å²) < 4.78 is 20.4. The second kappa shape index (κ2) is 10.1. The van der Waals surface area contributed by atoms with Crippen molar-refractivity contribution in [1.82, 2.24) is 19.5 Å². The summed E-state index contributed by atoms with van der Waals surface area (Å²) in [5.74, 6) is 0.440. The Bertz CT molecular complexity index is 1170. The molecule has 8 heteroatoms. The fourth-order valence-electron chi connectivity index (χ4n) is 4.26. The number of hydrogen-bond donors (Lipinski definition) is 1. The van der Waals surface area contributed by atoms with Crippen LogP contribution in [0.1, 0.15) is 17.2 Å². The van der Waals surface area contributed by atoms with Crippen LogP contribution < -0.4 is 5.73 Å². The maximum atomic E-state index is 6.19. The number of nitrogen functional groups attached to an aromatic ring is 1.